The highest BCUT2D eigenvalue weighted by Gasteiger charge is 2.18. The first-order chi connectivity index (χ1) is 14.9. The number of hydrogen-bond donors (Lipinski definition) is 1. The number of unbranched alkanes of at least 4 members (excludes halogenated alkanes) is 1. The average Bonchev–Trinajstić information content (AvgIpc) is 3.27. The van der Waals surface area contributed by atoms with Gasteiger partial charge >= 0.3 is 0 Å². The number of nitrogens with one attached hydrogen (secondary N) is 1. The van der Waals surface area contributed by atoms with Crippen LogP contribution >= 0.6 is 0 Å². The quantitative estimate of drug-likeness (QED) is 0.473. The van der Waals surface area contributed by atoms with Gasteiger partial charge < -0.3 is 9.64 Å². The van der Waals surface area contributed by atoms with Gasteiger partial charge in [0.25, 0.3) is 0 Å². The molecule has 0 spiro atoms. The number of rotatable bonds is 7. The standard InChI is InChI=1S/C24H27N5O/c1-2-8-21-19(6-1)7-5-9-22(21)29-15-13-28(14-16-29)12-3-4-17-30-23-11-10-20-18-25-27-24(20)26-23/h1-2,5-11,18H,3-4,12-17H2,(H,25,26,27). The Labute approximate surface area is 176 Å². The lowest BCUT2D eigenvalue weighted by Crippen LogP contribution is -2.46. The number of H-pyrrole nitrogens is 1. The summed E-state index contributed by atoms with van der Waals surface area (Å²) in [6, 6.07) is 19.2. The third-order valence-electron chi connectivity index (χ3n) is 5.87. The Hall–Kier alpha value is -3.12. The number of fused-ring (bicyclic) bond motifs is 2. The second kappa shape index (κ2) is 8.71. The van der Waals surface area contributed by atoms with Crippen molar-refractivity contribution in [3.8, 4) is 5.88 Å². The summed E-state index contributed by atoms with van der Waals surface area (Å²) in [6.45, 7) is 6.21. The van der Waals surface area contributed by atoms with Gasteiger partial charge in [0, 0.05) is 48.7 Å². The van der Waals surface area contributed by atoms with E-state index in [-0.39, 0.29) is 0 Å². The topological polar surface area (TPSA) is 57.3 Å². The molecule has 6 nitrogen and oxygen atoms in total. The van der Waals surface area contributed by atoms with Gasteiger partial charge in [-0.25, -0.2) is 0 Å². The van der Waals surface area contributed by atoms with Gasteiger partial charge in [-0.2, -0.15) is 10.1 Å². The van der Waals surface area contributed by atoms with Gasteiger partial charge in [0.2, 0.25) is 5.88 Å². The zero-order chi connectivity index (χ0) is 20.2. The van der Waals surface area contributed by atoms with E-state index >= 15 is 0 Å². The molecule has 2 aromatic heterocycles. The van der Waals surface area contributed by atoms with Crippen LogP contribution in [0.1, 0.15) is 12.8 Å². The van der Waals surface area contributed by atoms with Gasteiger partial charge in [0.1, 0.15) is 0 Å². The average molecular weight is 402 g/mol. The minimum absolute atomic E-state index is 0.662. The summed E-state index contributed by atoms with van der Waals surface area (Å²) in [6.07, 6.45) is 3.94. The highest BCUT2D eigenvalue weighted by Crippen LogP contribution is 2.27. The predicted molar refractivity (Wildman–Crippen MR) is 121 cm³/mol. The van der Waals surface area contributed by atoms with Gasteiger partial charge in [0.15, 0.2) is 5.65 Å². The van der Waals surface area contributed by atoms with Crippen molar-refractivity contribution in [1.82, 2.24) is 20.1 Å². The van der Waals surface area contributed by atoms with Gasteiger partial charge in [-0.1, -0.05) is 36.4 Å². The zero-order valence-corrected chi connectivity index (χ0v) is 17.1. The molecule has 1 aliphatic heterocycles. The molecule has 3 heterocycles. The molecule has 1 aliphatic rings. The molecule has 30 heavy (non-hydrogen) atoms. The Morgan fingerprint density at radius 2 is 1.73 bits per heavy atom. The molecule has 1 saturated heterocycles. The highest BCUT2D eigenvalue weighted by molar-refractivity contribution is 5.94. The van der Waals surface area contributed by atoms with E-state index in [0.29, 0.717) is 12.5 Å². The number of hydrogen-bond acceptors (Lipinski definition) is 5. The van der Waals surface area contributed by atoms with E-state index in [1.165, 1.54) is 16.5 Å². The second-order valence-electron chi connectivity index (χ2n) is 7.84. The molecular formula is C24H27N5O. The first kappa shape index (κ1) is 18.9. The van der Waals surface area contributed by atoms with Crippen LogP contribution in [0, 0.1) is 0 Å². The molecule has 0 amide bonds. The van der Waals surface area contributed by atoms with Crippen LogP contribution < -0.4 is 9.64 Å². The van der Waals surface area contributed by atoms with Crippen LogP contribution in [0.2, 0.25) is 0 Å². The molecule has 5 rings (SSSR count). The van der Waals surface area contributed by atoms with Crippen LogP contribution in [0.5, 0.6) is 5.88 Å². The summed E-state index contributed by atoms with van der Waals surface area (Å²) in [5, 5.41) is 10.5. The summed E-state index contributed by atoms with van der Waals surface area (Å²) in [7, 11) is 0. The van der Waals surface area contributed by atoms with Crippen molar-refractivity contribution in [2.24, 2.45) is 0 Å². The molecule has 0 radical (unpaired) electrons. The number of benzene rings is 2. The number of pyridine rings is 1. The van der Waals surface area contributed by atoms with Crippen LogP contribution in [0.4, 0.5) is 5.69 Å². The molecule has 0 aliphatic carbocycles. The van der Waals surface area contributed by atoms with Crippen molar-refractivity contribution in [1.29, 1.82) is 0 Å². The van der Waals surface area contributed by atoms with Crippen molar-refractivity contribution in [2.75, 3.05) is 44.2 Å². The summed E-state index contributed by atoms with van der Waals surface area (Å²) >= 11 is 0. The van der Waals surface area contributed by atoms with Crippen LogP contribution in [0.3, 0.4) is 0 Å². The summed E-state index contributed by atoms with van der Waals surface area (Å²) < 4.78 is 5.80. The van der Waals surface area contributed by atoms with E-state index in [2.05, 4.69) is 67.4 Å². The smallest absolute Gasteiger partial charge is 0.215 e. The number of aromatic nitrogens is 3. The fraction of sp³-hybridized carbons (Fsp3) is 0.333. The molecule has 0 unspecified atom stereocenters. The molecule has 6 heteroatoms. The number of aromatic amines is 1. The Morgan fingerprint density at radius 3 is 2.67 bits per heavy atom. The molecule has 0 atom stereocenters. The molecule has 1 fully saturated rings. The molecule has 0 bridgehead atoms. The van der Waals surface area contributed by atoms with Gasteiger partial charge in [-0.05, 0) is 36.9 Å². The Balaban J connectivity index is 1.06. The minimum Gasteiger partial charge on any atom is -0.478 e. The molecule has 154 valence electrons. The molecule has 4 aromatic rings. The first-order valence-corrected chi connectivity index (χ1v) is 10.7. The number of nitrogens with zero attached hydrogens (tertiary/aromatic N) is 4. The van der Waals surface area contributed by atoms with E-state index in [1.54, 1.807) is 6.20 Å². The van der Waals surface area contributed by atoms with E-state index < -0.39 is 0 Å². The third-order valence-corrected chi connectivity index (χ3v) is 5.87. The lowest BCUT2D eigenvalue weighted by molar-refractivity contribution is 0.237. The second-order valence-corrected chi connectivity index (χ2v) is 7.84. The van der Waals surface area contributed by atoms with Crippen molar-refractivity contribution >= 4 is 27.5 Å². The number of piperazine rings is 1. The normalized spacial score (nSPS) is 15.1. The molecule has 0 saturated carbocycles. The summed E-state index contributed by atoms with van der Waals surface area (Å²) in [5.41, 5.74) is 2.14. The van der Waals surface area contributed by atoms with Crippen LogP contribution in [-0.4, -0.2) is 59.4 Å². The Morgan fingerprint density at radius 1 is 0.867 bits per heavy atom. The lowest BCUT2D eigenvalue weighted by atomic mass is 10.1. The van der Waals surface area contributed by atoms with E-state index in [9.17, 15) is 0 Å². The molecule has 1 N–H and O–H groups in total. The molecular weight excluding hydrogens is 374 g/mol. The fourth-order valence-electron chi connectivity index (χ4n) is 4.20. The predicted octanol–water partition coefficient (Wildman–Crippen LogP) is 4.09. The third kappa shape index (κ3) is 4.09. The van der Waals surface area contributed by atoms with Gasteiger partial charge in [0.05, 0.1) is 12.8 Å². The lowest BCUT2D eigenvalue weighted by Gasteiger charge is -2.36. The first-order valence-electron chi connectivity index (χ1n) is 10.7. The zero-order valence-electron chi connectivity index (χ0n) is 17.1. The Bertz CT molecular complexity index is 1110. The summed E-state index contributed by atoms with van der Waals surface area (Å²) in [4.78, 5) is 9.52. The fourth-order valence-corrected chi connectivity index (χ4v) is 4.20. The Kier molecular flexibility index (Phi) is 5.48. The van der Waals surface area contributed by atoms with Crippen molar-refractivity contribution < 1.29 is 4.74 Å². The van der Waals surface area contributed by atoms with Gasteiger partial charge in [-0.3, -0.25) is 10.00 Å². The van der Waals surface area contributed by atoms with Crippen molar-refractivity contribution in [2.45, 2.75) is 12.8 Å². The van der Waals surface area contributed by atoms with Gasteiger partial charge in [-0.15, -0.1) is 0 Å². The maximum absolute atomic E-state index is 5.80. The van der Waals surface area contributed by atoms with Crippen LogP contribution in [-0.2, 0) is 0 Å². The number of anilines is 1. The number of ether oxygens (including phenoxy) is 1. The molecule has 2 aromatic carbocycles. The van der Waals surface area contributed by atoms with E-state index in [4.69, 9.17) is 4.74 Å². The van der Waals surface area contributed by atoms with E-state index in [0.717, 1.165) is 56.6 Å². The maximum Gasteiger partial charge on any atom is 0.215 e. The SMILES string of the molecule is c1ccc2c(N3CCN(CCCCOc4ccc5cn[nH]c5n4)CC3)cccc2c1. The van der Waals surface area contributed by atoms with Crippen molar-refractivity contribution in [3.63, 3.8) is 0 Å². The largest absolute Gasteiger partial charge is 0.478 e. The minimum atomic E-state index is 0.662. The van der Waals surface area contributed by atoms with Crippen molar-refractivity contribution in [3.05, 3.63) is 60.8 Å². The van der Waals surface area contributed by atoms with E-state index in [1.807, 2.05) is 12.1 Å². The maximum atomic E-state index is 5.80. The van der Waals surface area contributed by atoms with Crippen LogP contribution in [0.15, 0.2) is 60.8 Å². The monoisotopic (exact) mass is 401 g/mol. The highest BCUT2D eigenvalue weighted by atomic mass is 16.5. The summed E-state index contributed by atoms with van der Waals surface area (Å²) in [5.74, 6) is 0.662. The van der Waals surface area contributed by atoms with Crippen LogP contribution in [0.25, 0.3) is 21.8 Å².